The second kappa shape index (κ2) is 4.73. The van der Waals surface area contributed by atoms with Crippen LogP contribution in [0.2, 0.25) is 0 Å². The monoisotopic (exact) mass is 221 g/mol. The fourth-order valence-corrected chi connectivity index (χ4v) is 3.01. The molecule has 0 aromatic carbocycles. The summed E-state index contributed by atoms with van der Waals surface area (Å²) in [7, 11) is 0. The molecular weight excluding hydrogens is 198 g/mol. The van der Waals surface area contributed by atoms with Crippen molar-refractivity contribution in [2.45, 2.75) is 51.1 Å². The average molecular weight is 221 g/mol. The third kappa shape index (κ3) is 2.09. The number of nitrogens with zero attached hydrogens (tertiary/aromatic N) is 3. The molecule has 2 aliphatic rings. The van der Waals surface area contributed by atoms with Crippen molar-refractivity contribution >= 4 is 0 Å². The van der Waals surface area contributed by atoms with Crippen molar-refractivity contribution in [1.82, 2.24) is 9.80 Å². The summed E-state index contributed by atoms with van der Waals surface area (Å²) >= 11 is 0. The minimum Gasteiger partial charge on any atom is -0.298 e. The predicted octanol–water partition coefficient (Wildman–Crippen LogP) is 1.85. The first kappa shape index (κ1) is 11.9. The molecule has 2 fully saturated rings. The van der Waals surface area contributed by atoms with E-state index in [9.17, 15) is 5.26 Å². The van der Waals surface area contributed by atoms with E-state index < -0.39 is 0 Å². The van der Waals surface area contributed by atoms with Crippen LogP contribution >= 0.6 is 0 Å². The molecule has 0 aromatic rings. The van der Waals surface area contributed by atoms with Gasteiger partial charge in [0, 0.05) is 19.1 Å². The zero-order chi connectivity index (χ0) is 11.6. The smallest absolute Gasteiger partial charge is 0.123 e. The Bertz CT molecular complexity index is 275. The van der Waals surface area contributed by atoms with Gasteiger partial charge in [-0.05, 0) is 46.2 Å². The van der Waals surface area contributed by atoms with E-state index >= 15 is 0 Å². The fraction of sp³-hybridized carbons (Fsp3) is 0.923. The van der Waals surface area contributed by atoms with Crippen molar-refractivity contribution in [3.8, 4) is 6.07 Å². The molecule has 0 spiro atoms. The maximum Gasteiger partial charge on any atom is 0.123 e. The van der Waals surface area contributed by atoms with E-state index in [0.29, 0.717) is 6.04 Å². The van der Waals surface area contributed by atoms with E-state index in [1.165, 1.54) is 19.3 Å². The molecule has 1 unspecified atom stereocenters. The summed E-state index contributed by atoms with van der Waals surface area (Å²) in [6.45, 7) is 8.73. The zero-order valence-electron chi connectivity index (χ0n) is 10.6. The van der Waals surface area contributed by atoms with Gasteiger partial charge in [-0.25, -0.2) is 0 Å². The molecule has 2 rings (SSSR count). The Labute approximate surface area is 99.0 Å². The van der Waals surface area contributed by atoms with E-state index in [-0.39, 0.29) is 5.54 Å². The quantitative estimate of drug-likeness (QED) is 0.713. The minimum atomic E-state index is -0.176. The molecule has 0 aliphatic carbocycles. The van der Waals surface area contributed by atoms with Gasteiger partial charge in [0.25, 0.3) is 0 Å². The highest BCUT2D eigenvalue weighted by molar-refractivity contribution is 5.14. The molecule has 2 saturated heterocycles. The van der Waals surface area contributed by atoms with Crippen LogP contribution in [0.5, 0.6) is 0 Å². The Morgan fingerprint density at radius 1 is 1.12 bits per heavy atom. The van der Waals surface area contributed by atoms with Gasteiger partial charge < -0.3 is 0 Å². The van der Waals surface area contributed by atoms with Gasteiger partial charge in [-0.1, -0.05) is 6.42 Å². The van der Waals surface area contributed by atoms with E-state index in [1.54, 1.807) is 0 Å². The van der Waals surface area contributed by atoms with E-state index in [0.717, 1.165) is 32.6 Å². The highest BCUT2D eigenvalue weighted by Crippen LogP contribution is 2.31. The van der Waals surface area contributed by atoms with Gasteiger partial charge in [0.2, 0.25) is 0 Å². The van der Waals surface area contributed by atoms with Gasteiger partial charge in [-0.3, -0.25) is 9.80 Å². The molecule has 90 valence electrons. The van der Waals surface area contributed by atoms with Gasteiger partial charge in [0.15, 0.2) is 0 Å². The summed E-state index contributed by atoms with van der Waals surface area (Å²) in [5.41, 5.74) is -0.176. The van der Waals surface area contributed by atoms with Crippen LogP contribution in [0.1, 0.15) is 39.5 Å². The van der Waals surface area contributed by atoms with Crippen LogP contribution < -0.4 is 0 Å². The Balaban J connectivity index is 2.06. The third-order valence-electron chi connectivity index (χ3n) is 4.18. The van der Waals surface area contributed by atoms with Crippen molar-refractivity contribution in [3.05, 3.63) is 0 Å². The number of likely N-dealkylation sites (tertiary alicyclic amines) is 2. The molecule has 0 N–H and O–H groups in total. The second-order valence-corrected chi connectivity index (χ2v) is 5.51. The van der Waals surface area contributed by atoms with Gasteiger partial charge >= 0.3 is 0 Å². The molecule has 3 heteroatoms. The average Bonchev–Trinajstić information content (AvgIpc) is 2.76. The molecular formula is C13H23N3. The van der Waals surface area contributed by atoms with Crippen LogP contribution in [-0.4, -0.2) is 47.6 Å². The molecule has 2 aliphatic heterocycles. The van der Waals surface area contributed by atoms with Crippen LogP contribution in [0.4, 0.5) is 0 Å². The number of hydrogen-bond acceptors (Lipinski definition) is 3. The summed E-state index contributed by atoms with van der Waals surface area (Å²) < 4.78 is 0. The Morgan fingerprint density at radius 3 is 2.31 bits per heavy atom. The van der Waals surface area contributed by atoms with Crippen LogP contribution in [0, 0.1) is 11.3 Å². The van der Waals surface area contributed by atoms with Crippen molar-refractivity contribution in [3.63, 3.8) is 0 Å². The first-order valence-electron chi connectivity index (χ1n) is 6.58. The summed E-state index contributed by atoms with van der Waals surface area (Å²) in [5.74, 6) is 0. The molecule has 1 atom stereocenters. The lowest BCUT2D eigenvalue weighted by molar-refractivity contribution is 0.109. The number of hydrogen-bond donors (Lipinski definition) is 0. The van der Waals surface area contributed by atoms with Crippen molar-refractivity contribution in [2.75, 3.05) is 26.2 Å². The third-order valence-corrected chi connectivity index (χ3v) is 4.18. The summed E-state index contributed by atoms with van der Waals surface area (Å²) in [5, 5.41) is 9.55. The van der Waals surface area contributed by atoms with Crippen molar-refractivity contribution in [2.24, 2.45) is 0 Å². The summed E-state index contributed by atoms with van der Waals surface area (Å²) in [6.07, 6.45) is 4.91. The fourth-order valence-electron chi connectivity index (χ4n) is 3.01. The molecule has 0 bridgehead atoms. The molecule has 2 heterocycles. The number of piperidine rings is 1. The van der Waals surface area contributed by atoms with Crippen molar-refractivity contribution < 1.29 is 0 Å². The van der Waals surface area contributed by atoms with Gasteiger partial charge in [-0.2, -0.15) is 5.26 Å². The number of nitriles is 1. The first-order valence-corrected chi connectivity index (χ1v) is 6.58. The molecule has 0 radical (unpaired) electrons. The largest absolute Gasteiger partial charge is 0.298 e. The Kier molecular flexibility index (Phi) is 3.51. The van der Waals surface area contributed by atoms with Gasteiger partial charge in [-0.15, -0.1) is 0 Å². The second-order valence-electron chi connectivity index (χ2n) is 5.51. The predicted molar refractivity (Wildman–Crippen MR) is 65.1 cm³/mol. The summed E-state index contributed by atoms with van der Waals surface area (Å²) in [4.78, 5) is 4.89. The van der Waals surface area contributed by atoms with Crippen molar-refractivity contribution in [1.29, 1.82) is 5.26 Å². The Hall–Kier alpha value is -0.590. The molecule has 3 nitrogen and oxygen atoms in total. The maximum atomic E-state index is 9.55. The lowest BCUT2D eigenvalue weighted by Gasteiger charge is -2.38. The maximum absolute atomic E-state index is 9.55. The van der Waals surface area contributed by atoms with Crippen LogP contribution in [0.25, 0.3) is 0 Å². The SMILES string of the molecule is CC(C)N1CCC(C#N)(N2CCCCC2)C1. The van der Waals surface area contributed by atoms with Crippen LogP contribution in [-0.2, 0) is 0 Å². The van der Waals surface area contributed by atoms with Crippen LogP contribution in [0.3, 0.4) is 0 Å². The minimum absolute atomic E-state index is 0.176. The van der Waals surface area contributed by atoms with Gasteiger partial charge in [0.1, 0.15) is 5.54 Å². The van der Waals surface area contributed by atoms with Gasteiger partial charge in [0.05, 0.1) is 6.07 Å². The van der Waals surface area contributed by atoms with E-state index in [2.05, 4.69) is 29.7 Å². The molecule has 0 amide bonds. The van der Waals surface area contributed by atoms with Crippen LogP contribution in [0.15, 0.2) is 0 Å². The topological polar surface area (TPSA) is 30.3 Å². The first-order chi connectivity index (χ1) is 7.68. The zero-order valence-corrected chi connectivity index (χ0v) is 10.6. The standard InChI is InChI=1S/C13H23N3/c1-12(2)15-9-6-13(10-14,11-15)16-7-4-3-5-8-16/h12H,3-9,11H2,1-2H3. The van der Waals surface area contributed by atoms with E-state index in [4.69, 9.17) is 0 Å². The molecule has 16 heavy (non-hydrogen) atoms. The summed E-state index contributed by atoms with van der Waals surface area (Å²) in [6, 6.07) is 3.19. The normalized spacial score (nSPS) is 33.1. The highest BCUT2D eigenvalue weighted by Gasteiger charge is 2.44. The Morgan fingerprint density at radius 2 is 1.81 bits per heavy atom. The number of rotatable bonds is 2. The molecule has 0 aromatic heterocycles. The lowest BCUT2D eigenvalue weighted by atomic mass is 9.95. The molecule has 0 saturated carbocycles. The highest BCUT2D eigenvalue weighted by atomic mass is 15.3. The van der Waals surface area contributed by atoms with E-state index in [1.807, 2.05) is 0 Å². The lowest BCUT2D eigenvalue weighted by Crippen LogP contribution is -2.52.